The van der Waals surface area contributed by atoms with Crippen molar-refractivity contribution in [3.05, 3.63) is 45.8 Å². The van der Waals surface area contributed by atoms with Gasteiger partial charge in [-0.1, -0.05) is 18.2 Å². The number of methoxy groups -OCH3 is 1. The quantitative estimate of drug-likeness (QED) is 0.807. The van der Waals surface area contributed by atoms with Crippen LogP contribution in [0.1, 0.15) is 47.4 Å². The molecule has 1 aromatic carbocycles. The highest BCUT2D eigenvalue weighted by atomic mass is 32.1. The van der Waals surface area contributed by atoms with Crippen molar-refractivity contribution in [2.45, 2.75) is 38.6 Å². The lowest BCUT2D eigenvalue weighted by atomic mass is 9.88. The predicted molar refractivity (Wildman–Crippen MR) is 119 cm³/mol. The van der Waals surface area contributed by atoms with Gasteiger partial charge in [0.2, 0.25) is 5.91 Å². The molecule has 1 atom stereocenters. The third-order valence-corrected chi connectivity index (χ3v) is 7.33. The van der Waals surface area contributed by atoms with Crippen molar-refractivity contribution >= 4 is 22.2 Å². The maximum absolute atomic E-state index is 12.0. The van der Waals surface area contributed by atoms with E-state index < -0.39 is 0 Å². The zero-order valence-electron chi connectivity index (χ0n) is 17.7. The van der Waals surface area contributed by atoms with Crippen LogP contribution in [0.25, 0.3) is 0 Å². The summed E-state index contributed by atoms with van der Waals surface area (Å²) in [6, 6.07) is 8.46. The first kappa shape index (κ1) is 20.4. The van der Waals surface area contributed by atoms with Crippen molar-refractivity contribution in [3.63, 3.8) is 0 Å². The molecule has 156 valence electrons. The van der Waals surface area contributed by atoms with E-state index in [1.54, 1.807) is 25.4 Å². The number of carbonyl (C=O) groups is 1. The van der Waals surface area contributed by atoms with Gasteiger partial charge in [0.25, 0.3) is 0 Å². The van der Waals surface area contributed by atoms with Gasteiger partial charge in [0.05, 0.1) is 13.2 Å². The van der Waals surface area contributed by atoms with Crippen molar-refractivity contribution < 1.29 is 9.53 Å². The van der Waals surface area contributed by atoms with E-state index in [0.717, 1.165) is 49.8 Å². The first-order valence-corrected chi connectivity index (χ1v) is 11.4. The number of hydrogen-bond acceptors (Lipinski definition) is 5. The summed E-state index contributed by atoms with van der Waals surface area (Å²) in [6.45, 7) is 5.71. The number of rotatable bonds is 5. The van der Waals surface area contributed by atoms with Crippen molar-refractivity contribution in [2.24, 2.45) is 0 Å². The first-order chi connectivity index (χ1) is 14.1. The molecule has 29 heavy (non-hydrogen) atoms. The summed E-state index contributed by atoms with van der Waals surface area (Å²) in [6.07, 6.45) is 4.67. The van der Waals surface area contributed by atoms with Crippen LogP contribution in [-0.2, 0) is 17.6 Å². The summed E-state index contributed by atoms with van der Waals surface area (Å²) < 4.78 is 5.78. The minimum atomic E-state index is 0.00185. The van der Waals surface area contributed by atoms with Crippen LogP contribution in [0.3, 0.4) is 0 Å². The number of anilines is 1. The van der Waals surface area contributed by atoms with Crippen molar-refractivity contribution in [2.75, 3.05) is 45.7 Å². The van der Waals surface area contributed by atoms with Gasteiger partial charge in [0.1, 0.15) is 10.8 Å². The zero-order chi connectivity index (χ0) is 20.4. The number of carbonyl (C=O) groups excluding carboxylic acids is 1. The highest BCUT2D eigenvalue weighted by Crippen LogP contribution is 2.47. The molecule has 1 saturated heterocycles. The molecule has 1 aromatic heterocycles. The Morgan fingerprint density at radius 3 is 2.59 bits per heavy atom. The summed E-state index contributed by atoms with van der Waals surface area (Å²) >= 11 is 1.78. The van der Waals surface area contributed by atoms with Gasteiger partial charge in [0, 0.05) is 49.1 Å². The van der Waals surface area contributed by atoms with E-state index in [2.05, 4.69) is 40.4 Å². The second-order valence-electron chi connectivity index (χ2n) is 8.12. The molecule has 1 N–H and O–H groups in total. The minimum absolute atomic E-state index is 0.00185. The largest absolute Gasteiger partial charge is 0.496 e. The van der Waals surface area contributed by atoms with E-state index in [1.807, 2.05) is 6.07 Å². The number of hydrogen-bond donors (Lipinski definition) is 1. The van der Waals surface area contributed by atoms with Crippen LogP contribution in [0, 0.1) is 0 Å². The molecule has 4 rings (SSSR count). The average molecular weight is 414 g/mol. The summed E-state index contributed by atoms with van der Waals surface area (Å²) in [5, 5.41) is 4.19. The average Bonchev–Trinajstić information content (AvgIpc) is 3.07. The van der Waals surface area contributed by atoms with Crippen LogP contribution >= 0.6 is 11.3 Å². The number of benzene rings is 1. The number of amides is 1. The fourth-order valence-electron chi connectivity index (χ4n) is 4.64. The van der Waals surface area contributed by atoms with E-state index in [9.17, 15) is 4.79 Å². The van der Waals surface area contributed by atoms with Crippen LogP contribution in [0.5, 0.6) is 5.75 Å². The van der Waals surface area contributed by atoms with Gasteiger partial charge in [-0.3, -0.25) is 9.69 Å². The van der Waals surface area contributed by atoms with Gasteiger partial charge < -0.3 is 15.0 Å². The maximum Gasteiger partial charge on any atom is 0.221 e. The fourth-order valence-corrected chi connectivity index (χ4v) is 6.01. The molecule has 1 amide bonds. The van der Waals surface area contributed by atoms with E-state index in [-0.39, 0.29) is 11.9 Å². The number of nitrogens with zero attached hydrogens (tertiary/aromatic N) is 2. The molecule has 1 unspecified atom stereocenters. The summed E-state index contributed by atoms with van der Waals surface area (Å²) in [4.78, 5) is 18.4. The molecule has 0 spiro atoms. The van der Waals surface area contributed by atoms with E-state index in [1.165, 1.54) is 34.4 Å². The Bertz CT molecular complexity index is 871. The standard InChI is InChI=1S/C23H31N3O2S/c1-16(27)24-23-21(18-9-5-7-11-20(18)29-23)22(26-14-12-25(2)13-15-26)17-8-4-6-10-19(17)28-3/h4,6,8,10,22H,5,7,9,11-15H2,1-3H3,(H,24,27). The third-order valence-electron chi connectivity index (χ3n) is 6.11. The molecule has 0 bridgehead atoms. The molecule has 5 nitrogen and oxygen atoms in total. The smallest absolute Gasteiger partial charge is 0.221 e. The molecule has 2 aliphatic rings. The summed E-state index contributed by atoms with van der Waals surface area (Å²) in [5.41, 5.74) is 3.95. The van der Waals surface area contributed by atoms with Crippen LogP contribution in [-0.4, -0.2) is 56.0 Å². The van der Waals surface area contributed by atoms with Crippen LogP contribution < -0.4 is 10.1 Å². The van der Waals surface area contributed by atoms with Gasteiger partial charge in [-0.05, 0) is 44.4 Å². The first-order valence-electron chi connectivity index (χ1n) is 10.6. The number of nitrogens with one attached hydrogen (secondary N) is 1. The fraction of sp³-hybridized carbons (Fsp3) is 0.522. The highest BCUT2D eigenvalue weighted by molar-refractivity contribution is 7.16. The highest BCUT2D eigenvalue weighted by Gasteiger charge is 2.34. The molecule has 6 heteroatoms. The topological polar surface area (TPSA) is 44.8 Å². The molecule has 2 aromatic rings. The van der Waals surface area contributed by atoms with Gasteiger partial charge >= 0.3 is 0 Å². The third kappa shape index (κ3) is 4.20. The number of likely N-dealkylation sites (N-methyl/N-ethyl adjacent to an activating group) is 1. The molecule has 1 aliphatic carbocycles. The number of ether oxygens (including phenoxy) is 1. The molecule has 0 radical (unpaired) electrons. The second kappa shape index (κ2) is 8.86. The molecule has 2 heterocycles. The van der Waals surface area contributed by atoms with Crippen molar-refractivity contribution in [1.29, 1.82) is 0 Å². The zero-order valence-corrected chi connectivity index (χ0v) is 18.5. The number of piperazine rings is 1. The molecule has 1 aliphatic heterocycles. The number of para-hydroxylation sites is 1. The van der Waals surface area contributed by atoms with Gasteiger partial charge in [-0.2, -0.15) is 0 Å². The Morgan fingerprint density at radius 2 is 1.86 bits per heavy atom. The monoisotopic (exact) mass is 413 g/mol. The summed E-state index contributed by atoms with van der Waals surface area (Å²) in [7, 11) is 3.93. The Hall–Kier alpha value is -1.89. The van der Waals surface area contributed by atoms with Crippen LogP contribution in [0.2, 0.25) is 0 Å². The summed E-state index contributed by atoms with van der Waals surface area (Å²) in [5.74, 6) is 0.919. The van der Waals surface area contributed by atoms with Gasteiger partial charge in [-0.25, -0.2) is 0 Å². The number of thiophene rings is 1. The number of fused-ring (bicyclic) bond motifs is 1. The van der Waals surface area contributed by atoms with Crippen molar-refractivity contribution in [1.82, 2.24) is 9.80 Å². The Morgan fingerprint density at radius 1 is 1.14 bits per heavy atom. The van der Waals surface area contributed by atoms with Gasteiger partial charge in [-0.15, -0.1) is 11.3 Å². The van der Waals surface area contributed by atoms with E-state index >= 15 is 0 Å². The van der Waals surface area contributed by atoms with Crippen LogP contribution in [0.4, 0.5) is 5.00 Å². The van der Waals surface area contributed by atoms with Crippen LogP contribution in [0.15, 0.2) is 24.3 Å². The van der Waals surface area contributed by atoms with Gasteiger partial charge in [0.15, 0.2) is 0 Å². The normalized spacial score (nSPS) is 18.9. The van der Waals surface area contributed by atoms with Crippen molar-refractivity contribution in [3.8, 4) is 5.75 Å². The lowest BCUT2D eigenvalue weighted by molar-refractivity contribution is -0.114. The number of aryl methyl sites for hydroxylation is 1. The Kier molecular flexibility index (Phi) is 6.23. The lowest BCUT2D eigenvalue weighted by Crippen LogP contribution is -2.46. The predicted octanol–water partition coefficient (Wildman–Crippen LogP) is 3.93. The minimum Gasteiger partial charge on any atom is -0.496 e. The second-order valence-corrected chi connectivity index (χ2v) is 9.22. The maximum atomic E-state index is 12.0. The SMILES string of the molecule is COc1ccccc1C(c1c(NC(C)=O)sc2c1CCCC2)N1CCN(C)CC1. The molecular formula is C23H31N3O2S. The molecule has 0 saturated carbocycles. The Balaban J connectivity index is 1.87. The molecular weight excluding hydrogens is 382 g/mol. The van der Waals surface area contributed by atoms with E-state index in [0.29, 0.717) is 0 Å². The molecule has 1 fully saturated rings. The lowest BCUT2D eigenvalue weighted by Gasteiger charge is -2.39. The van der Waals surface area contributed by atoms with E-state index in [4.69, 9.17) is 4.74 Å². The Labute approximate surface area is 177 Å².